The number of amides is 1. The summed E-state index contributed by atoms with van der Waals surface area (Å²) in [5.74, 6) is -0.581. The average molecular weight is 509 g/mol. The first-order valence-corrected chi connectivity index (χ1v) is 11.8. The molecule has 0 heterocycles. The van der Waals surface area contributed by atoms with Crippen LogP contribution in [0, 0.1) is 11.3 Å². The molecule has 10 heteroatoms. The van der Waals surface area contributed by atoms with Gasteiger partial charge in [-0.15, -0.1) is 0 Å². The molecule has 0 aliphatic rings. The molecule has 0 aromatic heterocycles. The van der Waals surface area contributed by atoms with Crippen LogP contribution in [0.25, 0.3) is 0 Å². The molecule has 6 nitrogen and oxygen atoms in total. The lowest BCUT2D eigenvalue weighted by atomic mass is 10.2. The number of sulfonamides is 1. The van der Waals surface area contributed by atoms with Crippen molar-refractivity contribution in [1.82, 2.24) is 4.31 Å². The predicted octanol–water partition coefficient (Wildman–Crippen LogP) is 5.35. The maximum atomic E-state index is 13.3. The van der Waals surface area contributed by atoms with Gasteiger partial charge < -0.3 is 5.32 Å². The summed E-state index contributed by atoms with van der Waals surface area (Å²) in [4.78, 5) is 12.7. The molecule has 164 valence electrons. The van der Waals surface area contributed by atoms with Crippen molar-refractivity contribution in [3.05, 3.63) is 92.9 Å². The van der Waals surface area contributed by atoms with Gasteiger partial charge in [-0.05, 0) is 60.2 Å². The van der Waals surface area contributed by atoms with E-state index in [1.165, 1.54) is 36.4 Å². The quantitative estimate of drug-likeness (QED) is 0.466. The molecule has 1 N–H and O–H groups in total. The lowest BCUT2D eigenvalue weighted by molar-refractivity contribution is -0.116. The highest BCUT2D eigenvalue weighted by Crippen LogP contribution is 2.26. The second kappa shape index (κ2) is 10.3. The minimum atomic E-state index is -4.07. The minimum Gasteiger partial charge on any atom is -0.325 e. The van der Waals surface area contributed by atoms with Crippen LogP contribution in [0.3, 0.4) is 0 Å². The Morgan fingerprint density at radius 3 is 2.31 bits per heavy atom. The van der Waals surface area contributed by atoms with Crippen LogP contribution in [0.2, 0.25) is 15.1 Å². The number of halogens is 3. The van der Waals surface area contributed by atoms with E-state index in [-0.39, 0.29) is 16.5 Å². The summed E-state index contributed by atoms with van der Waals surface area (Å²) in [5, 5.41) is 12.7. The summed E-state index contributed by atoms with van der Waals surface area (Å²) >= 11 is 18.1. The van der Waals surface area contributed by atoms with Gasteiger partial charge in [-0.2, -0.15) is 9.57 Å². The molecule has 0 bridgehead atoms. The molecular weight excluding hydrogens is 493 g/mol. The number of hydrogen-bond donors (Lipinski definition) is 1. The number of benzene rings is 3. The van der Waals surface area contributed by atoms with Crippen LogP contribution in [0.1, 0.15) is 11.1 Å². The van der Waals surface area contributed by atoms with Gasteiger partial charge in [0, 0.05) is 27.3 Å². The molecule has 1 amide bonds. The first-order valence-electron chi connectivity index (χ1n) is 9.19. The van der Waals surface area contributed by atoms with Gasteiger partial charge in [0.05, 0.1) is 23.1 Å². The molecule has 0 spiro atoms. The van der Waals surface area contributed by atoms with Crippen LogP contribution in [0.15, 0.2) is 71.6 Å². The molecule has 32 heavy (non-hydrogen) atoms. The van der Waals surface area contributed by atoms with E-state index in [1.807, 2.05) is 6.07 Å². The van der Waals surface area contributed by atoms with Crippen LogP contribution >= 0.6 is 34.8 Å². The van der Waals surface area contributed by atoms with E-state index < -0.39 is 22.5 Å². The van der Waals surface area contributed by atoms with E-state index in [2.05, 4.69) is 5.32 Å². The number of nitrogens with one attached hydrogen (secondary N) is 1. The van der Waals surface area contributed by atoms with Crippen molar-refractivity contribution in [2.24, 2.45) is 0 Å². The van der Waals surface area contributed by atoms with E-state index in [1.54, 1.807) is 30.3 Å². The van der Waals surface area contributed by atoms with Crippen molar-refractivity contribution in [2.75, 3.05) is 11.9 Å². The predicted molar refractivity (Wildman–Crippen MR) is 125 cm³/mol. The second-order valence-corrected chi connectivity index (χ2v) is 9.92. The van der Waals surface area contributed by atoms with Gasteiger partial charge in [-0.25, -0.2) is 8.42 Å². The Hall–Kier alpha value is -2.60. The van der Waals surface area contributed by atoms with Crippen LogP contribution in [-0.2, 0) is 21.4 Å². The van der Waals surface area contributed by atoms with Crippen molar-refractivity contribution in [2.45, 2.75) is 11.4 Å². The number of carbonyl (C=O) groups is 1. The minimum absolute atomic E-state index is 0.0220. The third-order valence-electron chi connectivity index (χ3n) is 4.41. The molecule has 0 saturated carbocycles. The Morgan fingerprint density at radius 2 is 1.66 bits per heavy atom. The van der Waals surface area contributed by atoms with Crippen molar-refractivity contribution in [3.8, 4) is 6.07 Å². The summed E-state index contributed by atoms with van der Waals surface area (Å²) in [6.07, 6.45) is 0. The van der Waals surface area contributed by atoms with Gasteiger partial charge >= 0.3 is 0 Å². The van der Waals surface area contributed by atoms with Crippen LogP contribution in [-0.4, -0.2) is 25.2 Å². The molecule has 3 aromatic carbocycles. The maximum Gasteiger partial charge on any atom is 0.243 e. The van der Waals surface area contributed by atoms with Crippen LogP contribution < -0.4 is 5.32 Å². The summed E-state index contributed by atoms with van der Waals surface area (Å²) in [7, 11) is -4.07. The van der Waals surface area contributed by atoms with E-state index in [0.717, 1.165) is 4.31 Å². The smallest absolute Gasteiger partial charge is 0.243 e. The zero-order valence-electron chi connectivity index (χ0n) is 16.4. The summed E-state index contributed by atoms with van der Waals surface area (Å²) in [6.45, 7) is -0.646. The number of rotatable bonds is 7. The van der Waals surface area contributed by atoms with E-state index >= 15 is 0 Å². The summed E-state index contributed by atoms with van der Waals surface area (Å²) in [6, 6.07) is 18.6. The zero-order chi connectivity index (χ0) is 23.3. The Labute approximate surface area is 201 Å². The van der Waals surface area contributed by atoms with Crippen molar-refractivity contribution < 1.29 is 13.2 Å². The molecule has 0 atom stereocenters. The van der Waals surface area contributed by atoms with Gasteiger partial charge in [0.15, 0.2) is 0 Å². The molecular formula is C22H16Cl3N3O3S. The van der Waals surface area contributed by atoms with Gasteiger partial charge in [-0.3, -0.25) is 4.79 Å². The third-order valence-corrected chi connectivity index (χ3v) is 7.05. The molecule has 0 aliphatic carbocycles. The topological polar surface area (TPSA) is 90.3 Å². The molecule has 3 rings (SSSR count). The Balaban J connectivity index is 1.91. The van der Waals surface area contributed by atoms with Crippen LogP contribution in [0.5, 0.6) is 0 Å². The van der Waals surface area contributed by atoms with Crippen LogP contribution in [0.4, 0.5) is 5.69 Å². The Bertz CT molecular complexity index is 1290. The molecule has 0 saturated heterocycles. The molecule has 0 unspecified atom stereocenters. The number of anilines is 1. The molecule has 0 aliphatic heterocycles. The van der Waals surface area contributed by atoms with E-state index in [4.69, 9.17) is 40.1 Å². The van der Waals surface area contributed by atoms with E-state index in [9.17, 15) is 13.2 Å². The fraction of sp³-hybridized carbons (Fsp3) is 0.0909. The average Bonchev–Trinajstić information content (AvgIpc) is 2.75. The Kier molecular flexibility index (Phi) is 7.77. The van der Waals surface area contributed by atoms with Gasteiger partial charge in [-0.1, -0.05) is 46.9 Å². The highest BCUT2D eigenvalue weighted by molar-refractivity contribution is 7.89. The maximum absolute atomic E-state index is 13.3. The lowest BCUT2D eigenvalue weighted by Gasteiger charge is -2.22. The largest absolute Gasteiger partial charge is 0.325 e. The zero-order valence-corrected chi connectivity index (χ0v) is 19.5. The summed E-state index contributed by atoms with van der Waals surface area (Å²) < 4.78 is 27.6. The van der Waals surface area contributed by atoms with Gasteiger partial charge in [0.2, 0.25) is 15.9 Å². The summed E-state index contributed by atoms with van der Waals surface area (Å²) in [5.41, 5.74) is 1.22. The molecule has 0 fully saturated rings. The third kappa shape index (κ3) is 6.00. The monoisotopic (exact) mass is 507 g/mol. The SMILES string of the molecule is N#Cc1cccc(NC(=O)CN(Cc2ccc(Cl)cc2Cl)S(=O)(=O)c2ccc(Cl)cc2)c1. The highest BCUT2D eigenvalue weighted by Gasteiger charge is 2.27. The normalized spacial score (nSPS) is 11.2. The standard InChI is InChI=1S/C22H16Cl3N3O3S/c23-17-6-8-20(9-7-17)32(30,31)28(13-16-4-5-18(24)11-21(16)25)14-22(29)27-19-3-1-2-15(10-19)12-26/h1-11H,13-14H2,(H,27,29). The van der Waals surface area contributed by atoms with Crippen molar-refractivity contribution >= 4 is 56.4 Å². The first-order chi connectivity index (χ1) is 15.2. The second-order valence-electron chi connectivity index (χ2n) is 6.70. The highest BCUT2D eigenvalue weighted by atomic mass is 35.5. The lowest BCUT2D eigenvalue weighted by Crippen LogP contribution is -2.37. The first kappa shape index (κ1) is 24.1. The van der Waals surface area contributed by atoms with Crippen molar-refractivity contribution in [3.63, 3.8) is 0 Å². The fourth-order valence-electron chi connectivity index (χ4n) is 2.85. The fourth-order valence-corrected chi connectivity index (χ4v) is 4.82. The molecule has 3 aromatic rings. The Morgan fingerprint density at radius 1 is 0.969 bits per heavy atom. The molecule has 0 radical (unpaired) electrons. The number of hydrogen-bond acceptors (Lipinski definition) is 4. The van der Waals surface area contributed by atoms with Gasteiger partial charge in [0.1, 0.15) is 0 Å². The van der Waals surface area contributed by atoms with Crippen molar-refractivity contribution in [1.29, 1.82) is 5.26 Å². The number of nitriles is 1. The van der Waals surface area contributed by atoms with Gasteiger partial charge in [0.25, 0.3) is 0 Å². The van der Waals surface area contributed by atoms with E-state index in [0.29, 0.717) is 26.9 Å². The number of carbonyl (C=O) groups excluding carboxylic acids is 1. The number of nitrogens with zero attached hydrogens (tertiary/aromatic N) is 2.